The summed E-state index contributed by atoms with van der Waals surface area (Å²) in [5, 5.41) is 0.334. The Labute approximate surface area is 188 Å². The summed E-state index contributed by atoms with van der Waals surface area (Å²) in [5.74, 6) is -0.326. The summed E-state index contributed by atoms with van der Waals surface area (Å²) >= 11 is 1.14. The van der Waals surface area contributed by atoms with E-state index in [-0.39, 0.29) is 22.9 Å². The molecule has 0 aliphatic carbocycles. The number of hydrogen-bond acceptors (Lipinski definition) is 8. The van der Waals surface area contributed by atoms with Crippen LogP contribution in [0.4, 0.5) is 15.2 Å². The summed E-state index contributed by atoms with van der Waals surface area (Å²) in [7, 11) is 0. The van der Waals surface area contributed by atoms with E-state index < -0.39 is 0 Å². The van der Waals surface area contributed by atoms with Crippen molar-refractivity contribution < 1.29 is 9.13 Å². The van der Waals surface area contributed by atoms with Crippen molar-refractivity contribution in [3.05, 3.63) is 39.6 Å². The number of halogens is 1. The van der Waals surface area contributed by atoms with Crippen molar-refractivity contribution in [2.24, 2.45) is 0 Å². The highest BCUT2D eigenvalue weighted by Gasteiger charge is 2.45. The molecule has 3 aliphatic rings. The van der Waals surface area contributed by atoms with Crippen LogP contribution in [0, 0.1) is 5.82 Å². The van der Waals surface area contributed by atoms with Gasteiger partial charge in [-0.1, -0.05) is 11.3 Å². The van der Waals surface area contributed by atoms with Crippen molar-refractivity contribution in [3.63, 3.8) is 0 Å². The number of thiazole rings is 1. The molecular weight excluding hydrogens is 431 g/mol. The van der Waals surface area contributed by atoms with Crippen LogP contribution in [-0.2, 0) is 13.0 Å². The Morgan fingerprint density at radius 2 is 2.03 bits per heavy atom. The number of benzene rings is 1. The number of H-pyrrole nitrogens is 1. The van der Waals surface area contributed by atoms with Crippen LogP contribution in [0.15, 0.2) is 16.9 Å². The number of nitrogens with two attached hydrogens (primary N) is 1. The van der Waals surface area contributed by atoms with Gasteiger partial charge in [0.05, 0.1) is 28.2 Å². The van der Waals surface area contributed by atoms with E-state index in [4.69, 9.17) is 10.5 Å². The van der Waals surface area contributed by atoms with E-state index in [0.29, 0.717) is 52.7 Å². The van der Waals surface area contributed by atoms with E-state index in [0.717, 1.165) is 43.0 Å². The smallest absolute Gasteiger partial charge is 0.296 e. The van der Waals surface area contributed by atoms with E-state index >= 15 is 0 Å². The minimum absolute atomic E-state index is 0.0881. The standard InChI is InChI=1S/C22H25FN6O2S/c23-14-3-4-16(17-18(14)32-20(24)26-17)28-10-5-13-15(11-28)25-21(27-19(13)30)31-12-22-6-1-8-29(22)9-2-7-22/h3-4H,1-2,5-12H2,(H2,24,26)(H,25,27,30). The zero-order valence-electron chi connectivity index (χ0n) is 17.7. The average molecular weight is 457 g/mol. The molecule has 5 heterocycles. The van der Waals surface area contributed by atoms with Crippen LogP contribution in [0.25, 0.3) is 10.2 Å². The van der Waals surface area contributed by atoms with Gasteiger partial charge in [-0.25, -0.2) is 9.37 Å². The van der Waals surface area contributed by atoms with Crippen molar-refractivity contribution in [3.8, 4) is 6.01 Å². The summed E-state index contributed by atoms with van der Waals surface area (Å²) in [6, 6.07) is 3.45. The van der Waals surface area contributed by atoms with E-state index in [1.807, 2.05) is 0 Å². The van der Waals surface area contributed by atoms with Gasteiger partial charge in [0.1, 0.15) is 17.9 Å². The highest BCUT2D eigenvalue weighted by Crippen LogP contribution is 2.39. The third kappa shape index (κ3) is 3.15. The molecule has 3 aromatic rings. The van der Waals surface area contributed by atoms with Crippen molar-refractivity contribution >= 4 is 32.4 Å². The average Bonchev–Trinajstić information content (AvgIpc) is 3.46. The minimum Gasteiger partial charge on any atom is -0.463 e. The van der Waals surface area contributed by atoms with Gasteiger partial charge in [0, 0.05) is 12.1 Å². The number of nitrogen functional groups attached to an aromatic ring is 1. The number of anilines is 2. The second kappa shape index (κ2) is 7.41. The number of ether oxygens (including phenoxy) is 1. The van der Waals surface area contributed by atoms with Crippen molar-refractivity contribution in [2.75, 3.05) is 36.9 Å². The van der Waals surface area contributed by atoms with Gasteiger partial charge in [-0.3, -0.25) is 14.7 Å². The molecule has 10 heteroatoms. The summed E-state index contributed by atoms with van der Waals surface area (Å²) in [5.41, 5.74) is 8.53. The van der Waals surface area contributed by atoms with Gasteiger partial charge < -0.3 is 15.4 Å². The lowest BCUT2D eigenvalue weighted by Crippen LogP contribution is -2.44. The van der Waals surface area contributed by atoms with E-state index in [2.05, 4.69) is 24.8 Å². The lowest BCUT2D eigenvalue weighted by atomic mass is 9.95. The molecule has 0 spiro atoms. The zero-order chi connectivity index (χ0) is 21.9. The summed E-state index contributed by atoms with van der Waals surface area (Å²) in [6.07, 6.45) is 5.20. The number of hydrogen-bond donors (Lipinski definition) is 2. The molecule has 6 rings (SSSR count). The van der Waals surface area contributed by atoms with Crippen LogP contribution >= 0.6 is 11.3 Å². The van der Waals surface area contributed by atoms with Crippen LogP contribution in [-0.4, -0.2) is 51.6 Å². The lowest BCUT2D eigenvalue weighted by molar-refractivity contribution is 0.107. The van der Waals surface area contributed by atoms with Gasteiger partial charge >= 0.3 is 0 Å². The molecule has 2 fully saturated rings. The van der Waals surface area contributed by atoms with E-state index in [1.165, 1.54) is 18.9 Å². The summed E-state index contributed by atoms with van der Waals surface area (Å²) in [4.78, 5) is 29.2. The maximum Gasteiger partial charge on any atom is 0.296 e. The monoisotopic (exact) mass is 456 g/mol. The van der Waals surface area contributed by atoms with Crippen molar-refractivity contribution in [2.45, 2.75) is 44.2 Å². The Morgan fingerprint density at radius 1 is 1.22 bits per heavy atom. The first kappa shape index (κ1) is 19.9. The van der Waals surface area contributed by atoms with Crippen LogP contribution in [0.1, 0.15) is 36.9 Å². The van der Waals surface area contributed by atoms with E-state index in [9.17, 15) is 9.18 Å². The first-order valence-corrected chi connectivity index (χ1v) is 11.9. The third-order valence-corrected chi connectivity index (χ3v) is 8.06. The largest absolute Gasteiger partial charge is 0.463 e. The maximum absolute atomic E-state index is 14.2. The Bertz CT molecular complexity index is 1250. The molecule has 2 saturated heterocycles. The molecule has 8 nitrogen and oxygen atoms in total. The summed E-state index contributed by atoms with van der Waals surface area (Å²) in [6.45, 7) is 3.85. The lowest BCUT2D eigenvalue weighted by Gasteiger charge is -2.32. The fourth-order valence-electron chi connectivity index (χ4n) is 5.59. The van der Waals surface area contributed by atoms with Crippen molar-refractivity contribution in [1.82, 2.24) is 19.9 Å². The third-order valence-electron chi connectivity index (χ3n) is 7.17. The van der Waals surface area contributed by atoms with Crippen LogP contribution in [0.3, 0.4) is 0 Å². The first-order chi connectivity index (χ1) is 15.5. The quantitative estimate of drug-likeness (QED) is 0.623. The highest BCUT2D eigenvalue weighted by atomic mass is 32.1. The Morgan fingerprint density at radius 3 is 2.84 bits per heavy atom. The van der Waals surface area contributed by atoms with Crippen LogP contribution < -0.4 is 20.9 Å². The van der Waals surface area contributed by atoms with Crippen LogP contribution in [0.2, 0.25) is 0 Å². The number of nitrogens with one attached hydrogen (secondary N) is 1. The molecule has 1 aromatic carbocycles. The van der Waals surface area contributed by atoms with Gasteiger partial charge in [-0.15, -0.1) is 0 Å². The Balaban J connectivity index is 1.27. The number of aromatic nitrogens is 3. The molecule has 0 unspecified atom stereocenters. The molecule has 32 heavy (non-hydrogen) atoms. The molecule has 3 N–H and O–H groups in total. The molecule has 0 saturated carbocycles. The zero-order valence-corrected chi connectivity index (χ0v) is 18.5. The van der Waals surface area contributed by atoms with Crippen molar-refractivity contribution in [1.29, 1.82) is 0 Å². The van der Waals surface area contributed by atoms with Crippen LogP contribution in [0.5, 0.6) is 6.01 Å². The normalized spacial score (nSPS) is 20.0. The molecule has 0 atom stereocenters. The predicted molar refractivity (Wildman–Crippen MR) is 122 cm³/mol. The first-order valence-electron chi connectivity index (χ1n) is 11.1. The molecular formula is C22H25FN6O2S. The molecule has 0 amide bonds. The molecule has 2 aromatic heterocycles. The summed E-state index contributed by atoms with van der Waals surface area (Å²) < 4.78 is 20.7. The SMILES string of the molecule is Nc1nc2c(N3CCc4c(nc(OCC56CCCN5CCC6)[nH]c4=O)C3)ccc(F)c2s1. The van der Waals surface area contributed by atoms with Gasteiger partial charge in [-0.05, 0) is 57.3 Å². The fraction of sp³-hybridized carbons (Fsp3) is 0.500. The predicted octanol–water partition coefficient (Wildman–Crippen LogP) is 2.67. The molecule has 168 valence electrons. The van der Waals surface area contributed by atoms with E-state index in [1.54, 1.807) is 6.07 Å². The number of fused-ring (bicyclic) bond motifs is 3. The Kier molecular flexibility index (Phi) is 4.62. The number of nitrogens with zero attached hydrogens (tertiary/aromatic N) is 4. The van der Waals surface area contributed by atoms with Gasteiger partial charge in [-0.2, -0.15) is 4.98 Å². The minimum atomic E-state index is -0.326. The second-order valence-electron chi connectivity index (χ2n) is 8.97. The second-order valence-corrected chi connectivity index (χ2v) is 10.0. The molecule has 0 radical (unpaired) electrons. The molecule has 3 aliphatic heterocycles. The maximum atomic E-state index is 14.2. The Hall–Kier alpha value is -2.72. The fourth-order valence-corrected chi connectivity index (χ4v) is 6.35. The van der Waals surface area contributed by atoms with Gasteiger partial charge in [0.15, 0.2) is 5.13 Å². The number of rotatable bonds is 4. The number of aromatic amines is 1. The topological polar surface area (TPSA) is 100 Å². The van der Waals surface area contributed by atoms with Gasteiger partial charge in [0.2, 0.25) is 0 Å². The van der Waals surface area contributed by atoms with Gasteiger partial charge in [0.25, 0.3) is 11.6 Å². The molecule has 0 bridgehead atoms. The highest BCUT2D eigenvalue weighted by molar-refractivity contribution is 7.22.